The van der Waals surface area contributed by atoms with Crippen LogP contribution < -0.4 is 11.1 Å². The van der Waals surface area contributed by atoms with Gasteiger partial charge in [-0.25, -0.2) is 0 Å². The zero-order chi connectivity index (χ0) is 23.1. The number of benzene rings is 1. The molecule has 4 heterocycles. The summed E-state index contributed by atoms with van der Waals surface area (Å²) in [6, 6.07) is 7.38. The van der Waals surface area contributed by atoms with Crippen LogP contribution in [0.2, 0.25) is 0 Å². The largest absolute Gasteiger partial charge is 0.382 e. The second-order valence-electron chi connectivity index (χ2n) is 9.03. The van der Waals surface area contributed by atoms with Crippen molar-refractivity contribution in [2.45, 2.75) is 57.1 Å². The summed E-state index contributed by atoms with van der Waals surface area (Å²) in [5, 5.41) is 6.65. The molecule has 3 aliphatic heterocycles. The van der Waals surface area contributed by atoms with Crippen LogP contribution in [0, 0.1) is 0 Å². The van der Waals surface area contributed by atoms with Gasteiger partial charge in [0.25, 0.3) is 5.91 Å². The number of fused-ring (bicyclic) bond motifs is 1. The van der Waals surface area contributed by atoms with E-state index in [2.05, 4.69) is 15.3 Å². The van der Waals surface area contributed by atoms with Gasteiger partial charge in [-0.2, -0.15) is 5.10 Å². The normalized spacial score (nSPS) is 25.5. The first-order valence-electron chi connectivity index (χ1n) is 11.2. The minimum Gasteiger partial charge on any atom is -0.382 e. The first kappa shape index (κ1) is 21.6. The zero-order valence-corrected chi connectivity index (χ0v) is 18.6. The van der Waals surface area contributed by atoms with Crippen molar-refractivity contribution >= 4 is 23.5 Å². The highest BCUT2D eigenvalue weighted by molar-refractivity contribution is 6.05. The van der Waals surface area contributed by atoms with Gasteiger partial charge in [-0.3, -0.25) is 29.3 Å². The number of hydrogen-bond acceptors (Lipinski definition) is 7. The lowest BCUT2D eigenvalue weighted by molar-refractivity contribution is -0.136. The molecule has 3 atom stereocenters. The number of nitrogens with one attached hydrogen (secondary N) is 1. The smallest absolute Gasteiger partial charge is 0.255 e. The molecule has 1 aromatic heterocycles. The third kappa shape index (κ3) is 4.23. The molecule has 33 heavy (non-hydrogen) atoms. The van der Waals surface area contributed by atoms with Gasteiger partial charge in [0.1, 0.15) is 11.9 Å². The van der Waals surface area contributed by atoms with E-state index in [4.69, 9.17) is 10.5 Å². The third-order valence-corrected chi connectivity index (χ3v) is 6.86. The summed E-state index contributed by atoms with van der Waals surface area (Å²) in [5.41, 5.74) is 8.34. The number of carbonyl (C=O) groups excluding carboxylic acids is 3. The van der Waals surface area contributed by atoms with Crippen LogP contribution in [-0.4, -0.2) is 69.1 Å². The number of likely N-dealkylation sites (tertiary alicyclic amines) is 1. The molecule has 3 N–H and O–H groups in total. The SMILES string of the molecule is CO[C@@H]1C[C@@H](Cn2ccc(N)n2)N(Cc2ccc3c(c2)C(=O)N(C2CCC(=O)NC2=O)C3)C1. The predicted octanol–water partition coefficient (Wildman–Crippen LogP) is 0.516. The number of nitrogen functional groups attached to an aromatic ring is 1. The maximum atomic E-state index is 13.1. The molecule has 2 saturated heterocycles. The Bertz CT molecular complexity index is 1100. The van der Waals surface area contributed by atoms with Crippen molar-refractivity contribution in [2.75, 3.05) is 19.4 Å². The van der Waals surface area contributed by atoms with Crippen LogP contribution in [0.1, 0.15) is 40.7 Å². The van der Waals surface area contributed by atoms with Gasteiger partial charge in [0.05, 0.1) is 12.6 Å². The summed E-state index contributed by atoms with van der Waals surface area (Å²) in [7, 11) is 1.73. The van der Waals surface area contributed by atoms with Crippen molar-refractivity contribution in [1.82, 2.24) is 24.9 Å². The Morgan fingerprint density at radius 3 is 2.82 bits per heavy atom. The molecule has 0 aliphatic carbocycles. The molecule has 3 amide bonds. The Hall–Kier alpha value is -3.24. The quantitative estimate of drug-likeness (QED) is 0.613. The minimum atomic E-state index is -0.599. The zero-order valence-electron chi connectivity index (χ0n) is 18.6. The first-order chi connectivity index (χ1) is 15.9. The number of piperidine rings is 1. The summed E-state index contributed by atoms with van der Waals surface area (Å²) in [4.78, 5) is 40.8. The van der Waals surface area contributed by atoms with E-state index in [9.17, 15) is 14.4 Å². The molecule has 10 heteroatoms. The van der Waals surface area contributed by atoms with E-state index in [-0.39, 0.29) is 30.4 Å². The predicted molar refractivity (Wildman–Crippen MR) is 119 cm³/mol. The highest BCUT2D eigenvalue weighted by Gasteiger charge is 2.39. The van der Waals surface area contributed by atoms with Crippen LogP contribution in [0.4, 0.5) is 5.82 Å². The maximum absolute atomic E-state index is 13.1. The van der Waals surface area contributed by atoms with Gasteiger partial charge in [-0.15, -0.1) is 0 Å². The number of aromatic nitrogens is 2. The van der Waals surface area contributed by atoms with E-state index in [1.807, 2.05) is 29.1 Å². The molecule has 2 fully saturated rings. The molecule has 1 unspecified atom stereocenters. The molecule has 0 bridgehead atoms. The van der Waals surface area contributed by atoms with Crippen LogP contribution in [0.3, 0.4) is 0 Å². The fourth-order valence-electron chi connectivity index (χ4n) is 5.12. The summed E-state index contributed by atoms with van der Waals surface area (Å²) in [6.45, 7) is 2.58. The van der Waals surface area contributed by atoms with Crippen LogP contribution in [0.5, 0.6) is 0 Å². The Morgan fingerprint density at radius 1 is 1.24 bits per heavy atom. The van der Waals surface area contributed by atoms with Crippen molar-refractivity contribution in [3.63, 3.8) is 0 Å². The number of hydrogen-bond donors (Lipinski definition) is 2. The average Bonchev–Trinajstić information content (AvgIpc) is 3.47. The Labute approximate surface area is 191 Å². The van der Waals surface area contributed by atoms with E-state index >= 15 is 0 Å². The van der Waals surface area contributed by atoms with Gasteiger partial charge in [-0.1, -0.05) is 12.1 Å². The van der Waals surface area contributed by atoms with Gasteiger partial charge < -0.3 is 15.4 Å². The van der Waals surface area contributed by atoms with Crippen LogP contribution in [0.15, 0.2) is 30.5 Å². The number of rotatable bonds is 6. The highest BCUT2D eigenvalue weighted by atomic mass is 16.5. The minimum absolute atomic E-state index is 0.141. The Balaban J connectivity index is 1.30. The fourth-order valence-corrected chi connectivity index (χ4v) is 5.12. The van der Waals surface area contributed by atoms with Crippen molar-refractivity contribution in [3.8, 4) is 0 Å². The van der Waals surface area contributed by atoms with E-state index in [0.717, 1.165) is 24.1 Å². The molecule has 0 spiro atoms. The third-order valence-electron chi connectivity index (χ3n) is 6.86. The van der Waals surface area contributed by atoms with Gasteiger partial charge in [-0.05, 0) is 36.1 Å². The summed E-state index contributed by atoms with van der Waals surface area (Å²) in [5.74, 6) is -0.325. The molecular weight excluding hydrogens is 424 g/mol. The van der Waals surface area contributed by atoms with Gasteiger partial charge in [0.15, 0.2) is 0 Å². The average molecular weight is 453 g/mol. The lowest BCUT2D eigenvalue weighted by Crippen LogP contribution is -2.52. The van der Waals surface area contributed by atoms with E-state index < -0.39 is 11.9 Å². The lowest BCUT2D eigenvalue weighted by Gasteiger charge is -2.29. The molecule has 0 saturated carbocycles. The molecular formula is C23H28N6O4. The number of ether oxygens (including phenoxy) is 1. The first-order valence-corrected chi connectivity index (χ1v) is 11.2. The second-order valence-corrected chi connectivity index (χ2v) is 9.03. The number of anilines is 1. The molecule has 0 radical (unpaired) electrons. The van der Waals surface area contributed by atoms with Gasteiger partial charge >= 0.3 is 0 Å². The summed E-state index contributed by atoms with van der Waals surface area (Å²) in [6.07, 6.45) is 3.53. The van der Waals surface area contributed by atoms with Crippen molar-refractivity contribution in [1.29, 1.82) is 0 Å². The maximum Gasteiger partial charge on any atom is 0.255 e. The molecule has 3 aliphatic rings. The van der Waals surface area contributed by atoms with Crippen LogP contribution in [0.25, 0.3) is 0 Å². The van der Waals surface area contributed by atoms with Crippen LogP contribution >= 0.6 is 0 Å². The van der Waals surface area contributed by atoms with Crippen molar-refractivity contribution < 1.29 is 19.1 Å². The summed E-state index contributed by atoms with van der Waals surface area (Å²) >= 11 is 0. The van der Waals surface area contributed by atoms with E-state index in [1.54, 1.807) is 18.1 Å². The topological polar surface area (TPSA) is 123 Å². The molecule has 174 valence electrons. The number of methoxy groups -OCH3 is 1. The van der Waals surface area contributed by atoms with Crippen molar-refractivity contribution in [3.05, 3.63) is 47.2 Å². The Morgan fingerprint density at radius 2 is 2.09 bits per heavy atom. The molecule has 5 rings (SSSR count). The second kappa shape index (κ2) is 8.60. The van der Waals surface area contributed by atoms with Gasteiger partial charge in [0, 0.05) is 51.0 Å². The highest BCUT2D eigenvalue weighted by Crippen LogP contribution is 2.30. The lowest BCUT2D eigenvalue weighted by atomic mass is 10.0. The Kier molecular flexibility index (Phi) is 5.63. The number of nitrogens with zero attached hydrogens (tertiary/aromatic N) is 4. The summed E-state index contributed by atoms with van der Waals surface area (Å²) < 4.78 is 7.48. The van der Waals surface area contributed by atoms with Crippen molar-refractivity contribution in [2.24, 2.45) is 0 Å². The van der Waals surface area contributed by atoms with Crippen LogP contribution in [-0.2, 0) is 34.0 Å². The number of imide groups is 1. The number of amides is 3. The van der Waals surface area contributed by atoms with E-state index in [1.165, 1.54) is 0 Å². The monoisotopic (exact) mass is 452 g/mol. The molecule has 10 nitrogen and oxygen atoms in total. The fraction of sp³-hybridized carbons (Fsp3) is 0.478. The standard InChI is InChI=1S/C23H28N6O4/c1-33-17-9-16(12-28-7-6-20(24)26-28)27(13-17)10-14-2-3-15-11-29(23(32)18(15)8-14)19-4-5-21(30)25-22(19)31/h2-3,6-8,16-17,19H,4-5,9-13H2,1H3,(H2,24,26)(H,25,30,31)/t16-,17+,19?/m0/s1. The number of carbonyl (C=O) groups is 3. The van der Waals surface area contributed by atoms with Gasteiger partial charge in [0.2, 0.25) is 11.8 Å². The molecule has 1 aromatic carbocycles. The number of nitrogens with two attached hydrogens (primary N) is 1. The van der Waals surface area contributed by atoms with E-state index in [0.29, 0.717) is 37.4 Å². The molecule has 2 aromatic rings.